The van der Waals surface area contributed by atoms with E-state index in [0.717, 1.165) is 0 Å². The molecule has 17 heavy (non-hydrogen) atoms. The summed E-state index contributed by atoms with van der Waals surface area (Å²) in [5, 5.41) is 37.6. The zero-order valence-electron chi connectivity index (χ0n) is 8.72. The monoisotopic (exact) mass is 273 g/mol. The van der Waals surface area contributed by atoms with Crippen LogP contribution in [-0.4, -0.2) is 76.5 Å². The van der Waals surface area contributed by atoms with Crippen molar-refractivity contribution in [2.75, 3.05) is 18.9 Å². The Bertz CT molecular complexity index is 342. The van der Waals surface area contributed by atoms with Crippen molar-refractivity contribution in [2.24, 2.45) is 0 Å². The number of rotatable bonds is 7. The van der Waals surface area contributed by atoms with E-state index in [-0.39, 0.29) is 0 Å². The van der Waals surface area contributed by atoms with Crippen LogP contribution in [0, 0.1) is 0 Å². The van der Waals surface area contributed by atoms with E-state index in [2.05, 4.69) is 0 Å². The van der Waals surface area contributed by atoms with Gasteiger partial charge in [-0.05, 0) is 0 Å². The Kier molecular flexibility index (Phi) is 6.52. The first kappa shape index (κ1) is 16.2. The minimum Gasteiger partial charge on any atom is -0.394 e. The number of amides is 1. The minimum atomic E-state index is -4.23. The Morgan fingerprint density at radius 3 is 2.18 bits per heavy atom. The Hall–Kier alpha value is -0.780. The first-order chi connectivity index (χ1) is 7.69. The molecule has 0 fully saturated rings. The second kappa shape index (κ2) is 6.83. The van der Waals surface area contributed by atoms with Crippen LogP contribution in [0.25, 0.3) is 0 Å². The van der Waals surface area contributed by atoms with Crippen molar-refractivity contribution < 1.29 is 38.2 Å². The molecular weight excluding hydrogens is 258 g/mol. The standard InChI is InChI=1S/C7H15NO8S/c9-3-4(10)5(11)6(12)7(13)8-1-2-17(14,15)16/h4-6,9-12H,1-3H2,(H,8,13)(H,14,15,16)/t4-,5-,6+/m1/s1. The Morgan fingerprint density at radius 1 is 1.24 bits per heavy atom. The highest BCUT2D eigenvalue weighted by Crippen LogP contribution is 2.00. The summed E-state index contributed by atoms with van der Waals surface area (Å²) in [4.78, 5) is 11.1. The molecule has 0 aliphatic carbocycles. The number of aliphatic hydroxyl groups is 4. The van der Waals surface area contributed by atoms with Crippen LogP contribution in [0.4, 0.5) is 0 Å². The first-order valence-electron chi connectivity index (χ1n) is 4.57. The summed E-state index contributed by atoms with van der Waals surface area (Å²) >= 11 is 0. The van der Waals surface area contributed by atoms with Crippen LogP contribution in [0.15, 0.2) is 0 Å². The smallest absolute Gasteiger partial charge is 0.266 e. The van der Waals surface area contributed by atoms with Crippen molar-refractivity contribution in [1.82, 2.24) is 5.32 Å². The number of carbonyl (C=O) groups is 1. The van der Waals surface area contributed by atoms with Gasteiger partial charge in [-0.2, -0.15) is 8.42 Å². The predicted molar refractivity (Wildman–Crippen MR) is 54.5 cm³/mol. The van der Waals surface area contributed by atoms with Crippen molar-refractivity contribution in [3.05, 3.63) is 0 Å². The van der Waals surface area contributed by atoms with Gasteiger partial charge in [0.15, 0.2) is 6.10 Å². The third-order valence-electron chi connectivity index (χ3n) is 1.83. The van der Waals surface area contributed by atoms with Gasteiger partial charge in [-0.25, -0.2) is 0 Å². The van der Waals surface area contributed by atoms with Crippen LogP contribution in [0.2, 0.25) is 0 Å². The van der Waals surface area contributed by atoms with E-state index in [1.807, 2.05) is 5.32 Å². The number of aliphatic hydroxyl groups excluding tert-OH is 4. The molecule has 0 aromatic rings. The van der Waals surface area contributed by atoms with Crippen molar-refractivity contribution in [2.45, 2.75) is 18.3 Å². The summed E-state index contributed by atoms with van der Waals surface area (Å²) in [6.07, 6.45) is -5.61. The largest absolute Gasteiger partial charge is 0.394 e. The van der Waals surface area contributed by atoms with Gasteiger partial charge < -0.3 is 25.7 Å². The molecule has 0 heterocycles. The van der Waals surface area contributed by atoms with Crippen LogP contribution in [-0.2, 0) is 14.9 Å². The average Bonchev–Trinajstić information content (AvgIpc) is 2.24. The van der Waals surface area contributed by atoms with Crippen LogP contribution in [0.1, 0.15) is 0 Å². The molecule has 0 aromatic heterocycles. The van der Waals surface area contributed by atoms with Crippen LogP contribution in [0.3, 0.4) is 0 Å². The van der Waals surface area contributed by atoms with E-state index in [4.69, 9.17) is 19.9 Å². The topological polar surface area (TPSA) is 164 Å². The average molecular weight is 273 g/mol. The molecule has 0 aliphatic rings. The van der Waals surface area contributed by atoms with Gasteiger partial charge in [-0.1, -0.05) is 0 Å². The summed E-state index contributed by atoms with van der Waals surface area (Å²) in [7, 11) is -4.23. The fourth-order valence-electron chi connectivity index (χ4n) is 0.881. The number of hydrogen-bond donors (Lipinski definition) is 6. The van der Waals surface area contributed by atoms with Gasteiger partial charge >= 0.3 is 0 Å². The number of hydrogen-bond acceptors (Lipinski definition) is 7. The Morgan fingerprint density at radius 2 is 1.76 bits per heavy atom. The van der Waals surface area contributed by atoms with Gasteiger partial charge in [0.2, 0.25) is 0 Å². The van der Waals surface area contributed by atoms with E-state index < -0.39 is 53.2 Å². The summed E-state index contributed by atoms with van der Waals surface area (Å²) in [5.41, 5.74) is 0. The molecule has 0 aliphatic heterocycles. The van der Waals surface area contributed by atoms with Crippen molar-refractivity contribution in [3.63, 3.8) is 0 Å². The molecular formula is C7H15NO8S. The lowest BCUT2D eigenvalue weighted by Gasteiger charge is -2.20. The molecule has 1 amide bonds. The molecule has 6 N–H and O–H groups in total. The van der Waals surface area contributed by atoms with Gasteiger partial charge in [-0.15, -0.1) is 0 Å². The fourth-order valence-corrected chi connectivity index (χ4v) is 1.24. The Balaban J connectivity index is 4.14. The van der Waals surface area contributed by atoms with Crippen LogP contribution in [0.5, 0.6) is 0 Å². The van der Waals surface area contributed by atoms with Gasteiger partial charge in [0.05, 0.1) is 12.4 Å². The molecule has 0 saturated heterocycles. The molecule has 10 heteroatoms. The molecule has 0 radical (unpaired) electrons. The number of nitrogens with one attached hydrogen (secondary N) is 1. The summed E-state index contributed by atoms with van der Waals surface area (Å²) in [6.45, 7) is -1.31. The highest BCUT2D eigenvalue weighted by Gasteiger charge is 2.29. The highest BCUT2D eigenvalue weighted by atomic mass is 32.2. The van der Waals surface area contributed by atoms with E-state index in [1.165, 1.54) is 0 Å². The van der Waals surface area contributed by atoms with Gasteiger partial charge in [0.25, 0.3) is 16.0 Å². The second-order valence-electron chi connectivity index (χ2n) is 3.26. The molecule has 0 spiro atoms. The van der Waals surface area contributed by atoms with E-state index >= 15 is 0 Å². The molecule has 102 valence electrons. The minimum absolute atomic E-state index is 0.462. The predicted octanol–water partition coefficient (Wildman–Crippen LogP) is -3.93. The van der Waals surface area contributed by atoms with E-state index in [9.17, 15) is 18.3 Å². The quantitative estimate of drug-likeness (QED) is 0.256. The third kappa shape index (κ3) is 6.51. The molecule has 0 unspecified atom stereocenters. The SMILES string of the molecule is O=C(NCCS(=O)(=O)O)[C@@H](O)[C@H](O)[C@H](O)CO. The maximum absolute atomic E-state index is 11.1. The maximum atomic E-state index is 11.1. The normalized spacial score (nSPS) is 17.2. The fraction of sp³-hybridized carbons (Fsp3) is 0.857. The summed E-state index contributed by atoms with van der Waals surface area (Å²) < 4.78 is 28.9. The van der Waals surface area contributed by atoms with Crippen molar-refractivity contribution in [3.8, 4) is 0 Å². The Labute approximate surface area is 97.4 Å². The molecule has 3 atom stereocenters. The lowest BCUT2D eigenvalue weighted by molar-refractivity contribution is -0.142. The first-order valence-corrected chi connectivity index (χ1v) is 6.18. The highest BCUT2D eigenvalue weighted by molar-refractivity contribution is 7.85. The third-order valence-corrected chi connectivity index (χ3v) is 2.55. The molecule has 0 rings (SSSR count). The molecule has 0 saturated carbocycles. The van der Waals surface area contributed by atoms with Gasteiger partial charge in [-0.3, -0.25) is 9.35 Å². The second-order valence-corrected chi connectivity index (χ2v) is 4.83. The zero-order chi connectivity index (χ0) is 13.6. The van der Waals surface area contributed by atoms with Crippen LogP contribution >= 0.6 is 0 Å². The van der Waals surface area contributed by atoms with Crippen molar-refractivity contribution in [1.29, 1.82) is 0 Å². The van der Waals surface area contributed by atoms with E-state index in [0.29, 0.717) is 0 Å². The molecule has 0 aromatic carbocycles. The van der Waals surface area contributed by atoms with Crippen molar-refractivity contribution >= 4 is 16.0 Å². The summed E-state index contributed by atoms with van der Waals surface area (Å²) in [6, 6.07) is 0. The number of carbonyl (C=O) groups excluding carboxylic acids is 1. The summed E-state index contributed by atoms with van der Waals surface area (Å²) in [5.74, 6) is -1.88. The lowest BCUT2D eigenvalue weighted by atomic mass is 10.1. The van der Waals surface area contributed by atoms with Gasteiger partial charge in [0, 0.05) is 6.54 Å². The van der Waals surface area contributed by atoms with Gasteiger partial charge in [0.1, 0.15) is 12.2 Å². The lowest BCUT2D eigenvalue weighted by Crippen LogP contribution is -2.49. The molecule has 9 nitrogen and oxygen atoms in total. The molecule has 0 bridgehead atoms. The zero-order valence-corrected chi connectivity index (χ0v) is 9.54. The maximum Gasteiger partial charge on any atom is 0.266 e. The van der Waals surface area contributed by atoms with Crippen LogP contribution < -0.4 is 5.32 Å². The van der Waals surface area contributed by atoms with E-state index in [1.54, 1.807) is 0 Å².